The average molecular weight is 345 g/mol. The summed E-state index contributed by atoms with van der Waals surface area (Å²) in [5.74, 6) is 1.50. The molecule has 1 amide bonds. The summed E-state index contributed by atoms with van der Waals surface area (Å²) in [5.41, 5.74) is 6.77. The molecule has 0 radical (unpaired) electrons. The summed E-state index contributed by atoms with van der Waals surface area (Å²) < 4.78 is 1.04. The van der Waals surface area contributed by atoms with Crippen molar-refractivity contribution < 1.29 is 4.79 Å². The second kappa shape index (κ2) is 8.61. The van der Waals surface area contributed by atoms with Crippen molar-refractivity contribution in [3.8, 4) is 0 Å². The maximum atomic E-state index is 11.8. The van der Waals surface area contributed by atoms with E-state index in [4.69, 9.17) is 5.73 Å². The number of benzene rings is 1. The first-order valence-electron chi connectivity index (χ1n) is 6.37. The first-order valence-corrected chi connectivity index (χ1v) is 8.32. The lowest BCUT2D eigenvalue weighted by molar-refractivity contribution is -0.119. The van der Waals surface area contributed by atoms with E-state index in [1.54, 1.807) is 11.8 Å². The normalized spacial score (nSPS) is 13.9. The summed E-state index contributed by atoms with van der Waals surface area (Å²) in [6.45, 7) is 3.98. The van der Waals surface area contributed by atoms with Crippen molar-refractivity contribution in [1.29, 1.82) is 0 Å². The summed E-state index contributed by atoms with van der Waals surface area (Å²) in [6, 6.07) is 8.23. The van der Waals surface area contributed by atoms with E-state index in [0.717, 1.165) is 22.2 Å². The predicted octanol–water partition coefficient (Wildman–Crippen LogP) is 3.10. The van der Waals surface area contributed by atoms with E-state index in [9.17, 15) is 4.79 Å². The number of hydrogen-bond donors (Lipinski definition) is 2. The molecule has 0 aliphatic rings. The van der Waals surface area contributed by atoms with Crippen molar-refractivity contribution in [2.24, 2.45) is 5.73 Å². The Bertz CT molecular complexity index is 395. The zero-order chi connectivity index (χ0) is 14.3. The van der Waals surface area contributed by atoms with Gasteiger partial charge in [-0.2, -0.15) is 11.8 Å². The quantitative estimate of drug-likeness (QED) is 0.747. The van der Waals surface area contributed by atoms with Gasteiger partial charge in [-0.05, 0) is 43.7 Å². The van der Waals surface area contributed by atoms with Crippen LogP contribution in [0.15, 0.2) is 28.7 Å². The van der Waals surface area contributed by atoms with Crippen LogP contribution in [0.3, 0.4) is 0 Å². The lowest BCUT2D eigenvalue weighted by atomic mass is 10.1. The van der Waals surface area contributed by atoms with Gasteiger partial charge in [-0.3, -0.25) is 4.79 Å². The van der Waals surface area contributed by atoms with E-state index in [2.05, 4.69) is 21.2 Å². The first kappa shape index (κ1) is 16.5. The minimum absolute atomic E-state index is 0.0367. The van der Waals surface area contributed by atoms with Crippen molar-refractivity contribution in [1.82, 2.24) is 5.32 Å². The molecular weight excluding hydrogens is 324 g/mol. The number of rotatable bonds is 7. The lowest BCUT2D eigenvalue weighted by Crippen LogP contribution is -2.28. The second-order valence-corrected chi connectivity index (χ2v) is 6.68. The number of nitrogens with one attached hydrogen (secondary N) is 1. The largest absolute Gasteiger partial charge is 0.349 e. The summed E-state index contributed by atoms with van der Waals surface area (Å²) in [6.07, 6.45) is 0.945. The van der Waals surface area contributed by atoms with Crippen LogP contribution in [0.5, 0.6) is 0 Å². The Morgan fingerprint density at radius 3 is 2.58 bits per heavy atom. The van der Waals surface area contributed by atoms with Gasteiger partial charge in [0, 0.05) is 10.5 Å². The highest BCUT2D eigenvalue weighted by atomic mass is 79.9. The molecule has 1 rings (SSSR count). The van der Waals surface area contributed by atoms with E-state index in [-0.39, 0.29) is 18.0 Å². The fourth-order valence-corrected chi connectivity index (χ4v) is 2.77. The third-order valence-corrected chi connectivity index (χ3v) is 4.22. The second-order valence-electron chi connectivity index (χ2n) is 4.66. The van der Waals surface area contributed by atoms with E-state index >= 15 is 0 Å². The minimum Gasteiger partial charge on any atom is -0.349 e. The maximum absolute atomic E-state index is 11.8. The molecule has 3 N–H and O–H groups in total. The molecule has 0 heterocycles. The van der Waals surface area contributed by atoms with Crippen LogP contribution >= 0.6 is 27.7 Å². The molecular formula is C14H21BrN2OS. The van der Waals surface area contributed by atoms with Crippen LogP contribution in [-0.2, 0) is 4.79 Å². The third kappa shape index (κ3) is 6.99. The fourth-order valence-electron chi connectivity index (χ4n) is 1.55. The number of carbonyl (C=O) groups is 1. The highest BCUT2D eigenvalue weighted by molar-refractivity contribution is 9.10. The number of carbonyl (C=O) groups excluding carboxylic acids is 1. The molecule has 5 heteroatoms. The zero-order valence-corrected chi connectivity index (χ0v) is 13.8. The van der Waals surface area contributed by atoms with Gasteiger partial charge in [-0.25, -0.2) is 0 Å². The standard InChI is InChI=1S/C14H21BrN2OS/c1-10(16)7-8-19-9-14(18)17-11(2)12-3-5-13(15)6-4-12/h3-6,10-11H,7-9,16H2,1-2H3,(H,17,18). The van der Waals surface area contributed by atoms with Gasteiger partial charge in [0.05, 0.1) is 11.8 Å². The van der Waals surface area contributed by atoms with Gasteiger partial charge in [-0.1, -0.05) is 28.1 Å². The number of thioether (sulfide) groups is 1. The Hall–Kier alpha value is -0.520. The molecule has 0 saturated heterocycles. The summed E-state index contributed by atoms with van der Waals surface area (Å²) in [5, 5.41) is 3.00. The Morgan fingerprint density at radius 1 is 1.37 bits per heavy atom. The van der Waals surface area contributed by atoms with Crippen molar-refractivity contribution >= 4 is 33.6 Å². The Balaban J connectivity index is 2.29. The first-order chi connectivity index (χ1) is 8.99. The fraction of sp³-hybridized carbons (Fsp3) is 0.500. The maximum Gasteiger partial charge on any atom is 0.230 e. The Labute approximate surface area is 127 Å². The molecule has 1 aromatic rings. The molecule has 0 saturated carbocycles. The van der Waals surface area contributed by atoms with E-state index < -0.39 is 0 Å². The van der Waals surface area contributed by atoms with E-state index in [1.807, 2.05) is 38.1 Å². The molecule has 0 spiro atoms. The Kier molecular flexibility index (Phi) is 7.49. The van der Waals surface area contributed by atoms with Gasteiger partial charge < -0.3 is 11.1 Å². The van der Waals surface area contributed by atoms with Crippen molar-refractivity contribution in [2.75, 3.05) is 11.5 Å². The van der Waals surface area contributed by atoms with Gasteiger partial charge in [0.1, 0.15) is 0 Å². The number of amides is 1. The van der Waals surface area contributed by atoms with Crippen molar-refractivity contribution in [3.63, 3.8) is 0 Å². The lowest BCUT2D eigenvalue weighted by Gasteiger charge is -2.14. The van der Waals surface area contributed by atoms with Gasteiger partial charge in [0.15, 0.2) is 0 Å². The van der Waals surface area contributed by atoms with Gasteiger partial charge in [-0.15, -0.1) is 0 Å². The van der Waals surface area contributed by atoms with Gasteiger partial charge in [0.25, 0.3) is 0 Å². The molecule has 0 fully saturated rings. The van der Waals surface area contributed by atoms with Crippen LogP contribution in [-0.4, -0.2) is 23.5 Å². The molecule has 0 aliphatic heterocycles. The van der Waals surface area contributed by atoms with Crippen LogP contribution in [0.1, 0.15) is 31.9 Å². The van der Waals surface area contributed by atoms with Crippen molar-refractivity contribution in [3.05, 3.63) is 34.3 Å². The molecule has 1 aromatic carbocycles. The number of hydrogen-bond acceptors (Lipinski definition) is 3. The predicted molar refractivity (Wildman–Crippen MR) is 86.3 cm³/mol. The van der Waals surface area contributed by atoms with Crippen LogP contribution in [0.25, 0.3) is 0 Å². The highest BCUT2D eigenvalue weighted by Gasteiger charge is 2.09. The van der Waals surface area contributed by atoms with Gasteiger partial charge >= 0.3 is 0 Å². The summed E-state index contributed by atoms with van der Waals surface area (Å²) >= 11 is 5.03. The third-order valence-electron chi connectivity index (χ3n) is 2.70. The van der Waals surface area contributed by atoms with Crippen molar-refractivity contribution in [2.45, 2.75) is 32.4 Å². The average Bonchev–Trinajstić information content (AvgIpc) is 2.35. The van der Waals surface area contributed by atoms with Crippen LogP contribution in [0, 0.1) is 0 Å². The Morgan fingerprint density at radius 2 is 2.00 bits per heavy atom. The molecule has 19 heavy (non-hydrogen) atoms. The molecule has 3 nitrogen and oxygen atoms in total. The SMILES string of the molecule is CC(N)CCSCC(=O)NC(C)c1ccc(Br)cc1. The smallest absolute Gasteiger partial charge is 0.230 e. The molecule has 0 bridgehead atoms. The topological polar surface area (TPSA) is 55.1 Å². The van der Waals surface area contributed by atoms with E-state index in [0.29, 0.717) is 5.75 Å². The van der Waals surface area contributed by atoms with E-state index in [1.165, 1.54) is 0 Å². The molecule has 2 atom stereocenters. The molecule has 106 valence electrons. The molecule has 2 unspecified atom stereocenters. The monoisotopic (exact) mass is 344 g/mol. The summed E-state index contributed by atoms with van der Waals surface area (Å²) in [4.78, 5) is 11.8. The molecule has 0 aliphatic carbocycles. The van der Waals surface area contributed by atoms with Crippen LogP contribution in [0.2, 0.25) is 0 Å². The zero-order valence-electron chi connectivity index (χ0n) is 11.4. The minimum atomic E-state index is 0.0367. The van der Waals surface area contributed by atoms with Gasteiger partial charge in [0.2, 0.25) is 5.91 Å². The summed E-state index contributed by atoms with van der Waals surface area (Å²) in [7, 11) is 0. The van der Waals surface area contributed by atoms with Crippen LogP contribution in [0.4, 0.5) is 0 Å². The molecule has 0 aromatic heterocycles. The highest BCUT2D eigenvalue weighted by Crippen LogP contribution is 2.16. The number of nitrogens with two attached hydrogens (primary N) is 1. The number of halogens is 1. The van der Waals surface area contributed by atoms with Crippen LogP contribution < -0.4 is 11.1 Å².